The Kier molecular flexibility index (Phi) is 4.81. The van der Waals surface area contributed by atoms with Crippen LogP contribution in [-0.4, -0.2) is 12.2 Å². The lowest BCUT2D eigenvalue weighted by Crippen LogP contribution is -2.35. The van der Waals surface area contributed by atoms with Crippen LogP contribution in [-0.2, 0) is 5.54 Å². The number of phenols is 1. The van der Waals surface area contributed by atoms with E-state index in [0.717, 1.165) is 10.9 Å². The van der Waals surface area contributed by atoms with Gasteiger partial charge in [0.05, 0.1) is 5.54 Å². The van der Waals surface area contributed by atoms with Crippen molar-refractivity contribution >= 4 is 10.8 Å². The number of hydrogen-bond donors (Lipinski definition) is 2. The van der Waals surface area contributed by atoms with E-state index in [-0.39, 0.29) is 5.54 Å². The zero-order valence-electron chi connectivity index (χ0n) is 17.8. The molecule has 2 N–H and O–H groups in total. The second-order valence-corrected chi connectivity index (χ2v) is 7.49. The zero-order valence-corrected chi connectivity index (χ0v) is 17.8. The summed E-state index contributed by atoms with van der Waals surface area (Å²) in [7, 11) is 1.99. The number of fused-ring (bicyclic) bond motifs is 5. The Hall–Kier alpha value is -2.32. The molecular weight excluding hydrogens is 330 g/mol. The lowest BCUT2D eigenvalue weighted by Gasteiger charge is -2.27. The van der Waals surface area contributed by atoms with Crippen LogP contribution in [0.3, 0.4) is 0 Å². The maximum absolute atomic E-state index is 10.9. The van der Waals surface area contributed by atoms with Gasteiger partial charge >= 0.3 is 0 Å². The molecule has 0 saturated heterocycles. The minimum atomic E-state index is -0.295. The van der Waals surface area contributed by atoms with Gasteiger partial charge in [-0.15, -0.1) is 0 Å². The lowest BCUT2D eigenvalue weighted by atomic mass is 9.84. The van der Waals surface area contributed by atoms with Crippen LogP contribution in [0.15, 0.2) is 30.3 Å². The molecule has 142 valence electrons. The number of phenolic OH excluding ortho intramolecular Hbond substituents is 1. The predicted octanol–water partition coefficient (Wildman–Crippen LogP) is 6.27. The van der Waals surface area contributed by atoms with E-state index in [2.05, 4.69) is 64.2 Å². The summed E-state index contributed by atoms with van der Waals surface area (Å²) < 4.78 is 0. The molecule has 2 nitrogen and oxygen atoms in total. The minimum absolute atomic E-state index is 0.295. The average molecular weight is 362 g/mol. The van der Waals surface area contributed by atoms with E-state index in [1.165, 1.54) is 44.3 Å². The highest BCUT2D eigenvalue weighted by Crippen LogP contribution is 2.53. The largest absolute Gasteiger partial charge is 0.507 e. The van der Waals surface area contributed by atoms with Crippen LogP contribution < -0.4 is 5.32 Å². The minimum Gasteiger partial charge on any atom is -0.507 e. The summed E-state index contributed by atoms with van der Waals surface area (Å²) in [4.78, 5) is 0. The van der Waals surface area contributed by atoms with Gasteiger partial charge in [0.15, 0.2) is 0 Å². The van der Waals surface area contributed by atoms with Crippen molar-refractivity contribution in [2.45, 2.75) is 54.0 Å². The van der Waals surface area contributed by atoms with Gasteiger partial charge in [0.1, 0.15) is 5.75 Å². The first-order valence-corrected chi connectivity index (χ1v) is 9.88. The van der Waals surface area contributed by atoms with Crippen molar-refractivity contribution < 1.29 is 5.11 Å². The molecule has 3 aromatic rings. The van der Waals surface area contributed by atoms with Crippen LogP contribution in [0, 0.1) is 27.7 Å². The Morgan fingerprint density at radius 1 is 0.815 bits per heavy atom. The maximum atomic E-state index is 10.9. The molecule has 0 heterocycles. The number of benzene rings is 3. The van der Waals surface area contributed by atoms with E-state index in [1.807, 2.05) is 27.0 Å². The molecule has 1 atom stereocenters. The highest BCUT2D eigenvalue weighted by atomic mass is 16.3. The summed E-state index contributed by atoms with van der Waals surface area (Å²) >= 11 is 0. The summed E-state index contributed by atoms with van der Waals surface area (Å²) in [5.41, 5.74) is 9.69. The summed E-state index contributed by atoms with van der Waals surface area (Å²) in [5.74, 6) is 0.381. The molecule has 4 rings (SSSR count). The Bertz CT molecular complexity index is 1050. The topological polar surface area (TPSA) is 32.3 Å². The van der Waals surface area contributed by atoms with Crippen LogP contribution in [0.1, 0.15) is 54.2 Å². The molecule has 0 aliphatic heterocycles. The molecule has 27 heavy (non-hydrogen) atoms. The SMILES string of the molecule is CC.CNC1(C)c2ccccc2-c2c1cc(O)c1c(C)c(C)c(C)c(C)c21. The van der Waals surface area contributed by atoms with Gasteiger partial charge in [-0.1, -0.05) is 38.1 Å². The second kappa shape index (κ2) is 6.69. The Balaban J connectivity index is 0.00000102. The van der Waals surface area contributed by atoms with Crippen molar-refractivity contribution in [3.05, 3.63) is 63.7 Å². The zero-order chi connectivity index (χ0) is 20.1. The third-order valence-electron chi connectivity index (χ3n) is 6.52. The maximum Gasteiger partial charge on any atom is 0.124 e. The standard InChI is InChI=1S/C23H25NO.C2H6/c1-12-13(2)15(4)21-20(14(12)3)19(25)11-18-22(21)16-9-7-8-10-17(16)23(18,5)24-6;1-2/h7-11,24-25H,1-6H3;1-2H3. The van der Waals surface area contributed by atoms with Crippen molar-refractivity contribution in [2.75, 3.05) is 7.05 Å². The molecule has 1 unspecified atom stereocenters. The van der Waals surface area contributed by atoms with E-state index in [9.17, 15) is 5.11 Å². The van der Waals surface area contributed by atoms with Crippen LogP contribution in [0.25, 0.3) is 21.9 Å². The molecule has 3 aromatic carbocycles. The first-order chi connectivity index (χ1) is 12.8. The number of nitrogens with one attached hydrogen (secondary N) is 1. The van der Waals surface area contributed by atoms with Gasteiger partial charge < -0.3 is 10.4 Å². The number of aryl methyl sites for hydroxylation is 2. The monoisotopic (exact) mass is 361 g/mol. The molecule has 0 amide bonds. The molecule has 0 bridgehead atoms. The first-order valence-electron chi connectivity index (χ1n) is 9.88. The Morgan fingerprint density at radius 2 is 1.37 bits per heavy atom. The fraction of sp³-hybridized carbons (Fsp3) is 0.360. The summed E-state index contributed by atoms with van der Waals surface area (Å²) in [6, 6.07) is 10.6. The third kappa shape index (κ3) is 2.43. The van der Waals surface area contributed by atoms with Gasteiger partial charge in [0.25, 0.3) is 0 Å². The molecule has 2 heteroatoms. The van der Waals surface area contributed by atoms with E-state index in [1.54, 1.807) is 0 Å². The molecular formula is C25H31NO. The average Bonchev–Trinajstić information content (AvgIpc) is 2.94. The first kappa shape index (κ1) is 19.4. The van der Waals surface area contributed by atoms with Crippen LogP contribution in [0.4, 0.5) is 0 Å². The normalized spacial score (nSPS) is 17.3. The summed E-state index contributed by atoms with van der Waals surface area (Å²) in [6.07, 6.45) is 0. The molecule has 0 spiro atoms. The molecule has 0 aromatic heterocycles. The van der Waals surface area contributed by atoms with Gasteiger partial charge in [-0.3, -0.25) is 0 Å². The van der Waals surface area contributed by atoms with Crippen LogP contribution in [0.2, 0.25) is 0 Å². The number of aromatic hydroxyl groups is 1. The van der Waals surface area contributed by atoms with Crippen LogP contribution >= 0.6 is 0 Å². The van der Waals surface area contributed by atoms with Crippen molar-refractivity contribution in [2.24, 2.45) is 0 Å². The van der Waals surface area contributed by atoms with Crippen molar-refractivity contribution in [3.8, 4) is 16.9 Å². The molecule has 0 saturated carbocycles. The Labute approximate surface area is 163 Å². The smallest absolute Gasteiger partial charge is 0.124 e. The van der Waals surface area contributed by atoms with Gasteiger partial charge in [-0.25, -0.2) is 0 Å². The molecule has 1 aliphatic carbocycles. The van der Waals surface area contributed by atoms with Crippen molar-refractivity contribution in [1.82, 2.24) is 5.32 Å². The van der Waals surface area contributed by atoms with E-state index >= 15 is 0 Å². The van der Waals surface area contributed by atoms with E-state index in [4.69, 9.17) is 0 Å². The van der Waals surface area contributed by atoms with E-state index in [0.29, 0.717) is 5.75 Å². The van der Waals surface area contributed by atoms with Crippen LogP contribution in [0.5, 0.6) is 5.75 Å². The van der Waals surface area contributed by atoms with Crippen molar-refractivity contribution in [1.29, 1.82) is 0 Å². The van der Waals surface area contributed by atoms with Crippen molar-refractivity contribution in [3.63, 3.8) is 0 Å². The fourth-order valence-electron chi connectivity index (χ4n) is 4.59. The summed E-state index contributed by atoms with van der Waals surface area (Å²) in [5, 5.41) is 16.6. The number of rotatable bonds is 1. The van der Waals surface area contributed by atoms with Gasteiger partial charge in [-0.2, -0.15) is 0 Å². The Morgan fingerprint density at radius 3 is 1.96 bits per heavy atom. The van der Waals surface area contributed by atoms with Gasteiger partial charge in [0.2, 0.25) is 0 Å². The predicted molar refractivity (Wildman–Crippen MR) is 117 cm³/mol. The summed E-state index contributed by atoms with van der Waals surface area (Å²) in [6.45, 7) is 14.8. The van der Waals surface area contributed by atoms with Gasteiger partial charge in [0, 0.05) is 5.39 Å². The third-order valence-corrected chi connectivity index (χ3v) is 6.52. The highest BCUT2D eigenvalue weighted by Gasteiger charge is 2.40. The fourth-order valence-corrected chi connectivity index (χ4v) is 4.59. The quantitative estimate of drug-likeness (QED) is 0.535. The number of hydrogen-bond acceptors (Lipinski definition) is 2. The lowest BCUT2D eigenvalue weighted by molar-refractivity contribution is 0.469. The van der Waals surface area contributed by atoms with E-state index < -0.39 is 0 Å². The second-order valence-electron chi connectivity index (χ2n) is 7.49. The molecule has 0 radical (unpaired) electrons. The van der Waals surface area contributed by atoms with Gasteiger partial charge in [-0.05, 0) is 97.6 Å². The molecule has 1 aliphatic rings. The highest BCUT2D eigenvalue weighted by molar-refractivity contribution is 6.08. The molecule has 0 fully saturated rings.